The number of carboxylic acid groups (broad SMARTS) is 2. The molecule has 148 valence electrons. The summed E-state index contributed by atoms with van der Waals surface area (Å²) in [6.07, 6.45) is 15.6. The highest BCUT2D eigenvalue weighted by Gasteiger charge is 2.16. The number of aliphatic carboxylic acids is 2. The fourth-order valence-electron chi connectivity index (χ4n) is 3.25. The molecule has 0 aliphatic carbocycles. The van der Waals surface area contributed by atoms with Crippen LogP contribution in [0.5, 0.6) is 0 Å². The van der Waals surface area contributed by atoms with E-state index in [1.165, 1.54) is 57.8 Å². The Morgan fingerprint density at radius 1 is 0.640 bits per heavy atom. The van der Waals surface area contributed by atoms with Crippen LogP contribution in [0.1, 0.15) is 110 Å². The van der Waals surface area contributed by atoms with Gasteiger partial charge in [0.25, 0.3) is 0 Å². The van der Waals surface area contributed by atoms with Crippen LogP contribution in [0.2, 0.25) is 0 Å². The van der Waals surface area contributed by atoms with E-state index in [0.717, 1.165) is 18.8 Å². The fraction of sp³-hybridized carbons (Fsp3) is 0.905. The maximum absolute atomic E-state index is 11.2. The zero-order chi connectivity index (χ0) is 18.9. The molecule has 0 saturated heterocycles. The van der Waals surface area contributed by atoms with Crippen molar-refractivity contribution in [3.05, 3.63) is 0 Å². The number of unbranched alkanes of at least 4 members (excludes halogenated alkanes) is 9. The maximum Gasteiger partial charge on any atom is 0.306 e. The van der Waals surface area contributed by atoms with Crippen LogP contribution in [-0.2, 0) is 9.59 Å². The van der Waals surface area contributed by atoms with Crippen molar-refractivity contribution in [2.75, 3.05) is 0 Å². The normalized spacial score (nSPS) is 12.4. The molecule has 0 aliphatic rings. The first-order valence-electron chi connectivity index (χ1n) is 10.4. The van der Waals surface area contributed by atoms with Crippen molar-refractivity contribution >= 4 is 11.9 Å². The molecule has 0 aromatic rings. The van der Waals surface area contributed by atoms with Crippen molar-refractivity contribution < 1.29 is 19.8 Å². The summed E-state index contributed by atoms with van der Waals surface area (Å²) in [5.41, 5.74) is 0. The van der Waals surface area contributed by atoms with Crippen molar-refractivity contribution in [1.29, 1.82) is 0 Å². The van der Waals surface area contributed by atoms with Crippen LogP contribution >= 0.6 is 0 Å². The number of hydrogen-bond acceptors (Lipinski definition) is 2. The standard InChI is InChI=1S/C21H40O4/c1-18(2)14-11-9-7-5-3-4-6-8-10-12-15-19(21(24)25)16-13-17-20(22)23/h18-19H,3-17H2,1-2H3,(H,22,23)(H,24,25). The van der Waals surface area contributed by atoms with E-state index in [0.29, 0.717) is 19.3 Å². The van der Waals surface area contributed by atoms with Crippen LogP contribution in [0.4, 0.5) is 0 Å². The van der Waals surface area contributed by atoms with Crippen LogP contribution in [0.15, 0.2) is 0 Å². The van der Waals surface area contributed by atoms with Gasteiger partial charge in [-0.1, -0.05) is 84.5 Å². The zero-order valence-electron chi connectivity index (χ0n) is 16.5. The summed E-state index contributed by atoms with van der Waals surface area (Å²) in [6, 6.07) is 0. The molecule has 0 aromatic heterocycles. The van der Waals surface area contributed by atoms with Gasteiger partial charge < -0.3 is 10.2 Å². The monoisotopic (exact) mass is 356 g/mol. The van der Waals surface area contributed by atoms with Gasteiger partial charge in [-0.15, -0.1) is 0 Å². The van der Waals surface area contributed by atoms with Gasteiger partial charge in [-0.2, -0.15) is 0 Å². The van der Waals surface area contributed by atoms with E-state index in [4.69, 9.17) is 5.11 Å². The Labute approximate surface area is 154 Å². The second-order valence-electron chi connectivity index (χ2n) is 7.83. The molecule has 0 rings (SSSR count). The van der Waals surface area contributed by atoms with Crippen LogP contribution in [-0.4, -0.2) is 22.2 Å². The molecular formula is C21H40O4. The lowest BCUT2D eigenvalue weighted by Gasteiger charge is -2.11. The van der Waals surface area contributed by atoms with E-state index in [1.807, 2.05) is 0 Å². The molecule has 1 atom stereocenters. The Bertz CT molecular complexity index is 339. The number of hydrogen-bond donors (Lipinski definition) is 2. The number of rotatable bonds is 18. The molecule has 0 saturated carbocycles. The van der Waals surface area contributed by atoms with Gasteiger partial charge >= 0.3 is 11.9 Å². The van der Waals surface area contributed by atoms with Gasteiger partial charge in [0.2, 0.25) is 0 Å². The summed E-state index contributed by atoms with van der Waals surface area (Å²) >= 11 is 0. The Kier molecular flexibility index (Phi) is 15.7. The Morgan fingerprint density at radius 3 is 1.44 bits per heavy atom. The van der Waals surface area contributed by atoms with Gasteiger partial charge in [0.1, 0.15) is 0 Å². The minimum Gasteiger partial charge on any atom is -0.481 e. The van der Waals surface area contributed by atoms with Crippen LogP contribution < -0.4 is 0 Å². The quantitative estimate of drug-likeness (QED) is 0.283. The van der Waals surface area contributed by atoms with Crippen LogP contribution in [0.25, 0.3) is 0 Å². The summed E-state index contributed by atoms with van der Waals surface area (Å²) in [4.78, 5) is 21.7. The molecule has 1 unspecified atom stereocenters. The third-order valence-electron chi connectivity index (χ3n) is 4.88. The molecule has 0 spiro atoms. The molecular weight excluding hydrogens is 316 g/mol. The Morgan fingerprint density at radius 2 is 1.04 bits per heavy atom. The van der Waals surface area contributed by atoms with E-state index in [9.17, 15) is 14.7 Å². The van der Waals surface area contributed by atoms with E-state index < -0.39 is 11.9 Å². The lowest BCUT2D eigenvalue weighted by Crippen LogP contribution is -2.14. The topological polar surface area (TPSA) is 74.6 Å². The van der Waals surface area contributed by atoms with Crippen molar-refractivity contribution in [3.8, 4) is 0 Å². The van der Waals surface area contributed by atoms with Crippen molar-refractivity contribution in [2.24, 2.45) is 11.8 Å². The van der Waals surface area contributed by atoms with Crippen molar-refractivity contribution in [1.82, 2.24) is 0 Å². The second kappa shape index (κ2) is 16.4. The molecule has 0 heterocycles. The second-order valence-corrected chi connectivity index (χ2v) is 7.83. The maximum atomic E-state index is 11.2. The third kappa shape index (κ3) is 17.6. The van der Waals surface area contributed by atoms with Crippen LogP contribution in [0.3, 0.4) is 0 Å². The van der Waals surface area contributed by atoms with Gasteiger partial charge in [-0.05, 0) is 25.2 Å². The average molecular weight is 357 g/mol. The molecule has 0 fully saturated rings. The lowest BCUT2D eigenvalue weighted by atomic mass is 9.95. The summed E-state index contributed by atoms with van der Waals surface area (Å²) in [7, 11) is 0. The van der Waals surface area contributed by atoms with E-state index in [-0.39, 0.29) is 12.3 Å². The molecule has 4 nitrogen and oxygen atoms in total. The zero-order valence-corrected chi connectivity index (χ0v) is 16.5. The molecule has 0 bridgehead atoms. The minimum atomic E-state index is -0.843. The first kappa shape index (κ1) is 23.9. The minimum absolute atomic E-state index is 0.0707. The third-order valence-corrected chi connectivity index (χ3v) is 4.88. The Balaban J connectivity index is 3.42. The SMILES string of the molecule is CC(C)CCCCCCCCCCCCC(CCCC(=O)O)C(=O)O. The molecule has 25 heavy (non-hydrogen) atoms. The predicted molar refractivity (Wildman–Crippen MR) is 103 cm³/mol. The van der Waals surface area contributed by atoms with E-state index in [2.05, 4.69) is 13.8 Å². The highest BCUT2D eigenvalue weighted by molar-refractivity contribution is 5.70. The first-order chi connectivity index (χ1) is 11.9. The van der Waals surface area contributed by atoms with Gasteiger partial charge in [-0.3, -0.25) is 9.59 Å². The molecule has 0 radical (unpaired) electrons. The fourth-order valence-corrected chi connectivity index (χ4v) is 3.25. The van der Waals surface area contributed by atoms with E-state index in [1.54, 1.807) is 0 Å². The van der Waals surface area contributed by atoms with Gasteiger partial charge in [0.05, 0.1) is 5.92 Å². The van der Waals surface area contributed by atoms with Gasteiger partial charge in [-0.25, -0.2) is 0 Å². The summed E-state index contributed by atoms with van der Waals surface area (Å²) in [6.45, 7) is 4.57. The van der Waals surface area contributed by atoms with Gasteiger partial charge in [0, 0.05) is 6.42 Å². The molecule has 0 aliphatic heterocycles. The highest BCUT2D eigenvalue weighted by Crippen LogP contribution is 2.19. The van der Waals surface area contributed by atoms with Crippen LogP contribution in [0, 0.1) is 11.8 Å². The predicted octanol–water partition coefficient (Wildman–Crippen LogP) is 6.28. The molecule has 0 amide bonds. The molecule has 4 heteroatoms. The molecule has 2 N–H and O–H groups in total. The van der Waals surface area contributed by atoms with E-state index >= 15 is 0 Å². The smallest absolute Gasteiger partial charge is 0.306 e. The number of carbonyl (C=O) groups is 2. The summed E-state index contributed by atoms with van der Waals surface area (Å²) < 4.78 is 0. The highest BCUT2D eigenvalue weighted by atomic mass is 16.4. The van der Waals surface area contributed by atoms with Crippen molar-refractivity contribution in [2.45, 2.75) is 110 Å². The molecule has 0 aromatic carbocycles. The summed E-state index contributed by atoms with van der Waals surface area (Å²) in [5, 5.41) is 17.8. The van der Waals surface area contributed by atoms with Gasteiger partial charge in [0.15, 0.2) is 0 Å². The van der Waals surface area contributed by atoms with Crippen molar-refractivity contribution in [3.63, 3.8) is 0 Å². The average Bonchev–Trinajstić information content (AvgIpc) is 2.53. The first-order valence-corrected chi connectivity index (χ1v) is 10.4. The Hall–Kier alpha value is -1.06. The lowest BCUT2D eigenvalue weighted by molar-refractivity contribution is -0.143. The summed E-state index contributed by atoms with van der Waals surface area (Å²) in [5.74, 6) is -1.16. The number of carboxylic acids is 2. The largest absolute Gasteiger partial charge is 0.481 e.